The van der Waals surface area contributed by atoms with Gasteiger partial charge < -0.3 is 9.72 Å². The van der Waals surface area contributed by atoms with Crippen molar-refractivity contribution in [2.75, 3.05) is 4.72 Å². The quantitative estimate of drug-likeness (QED) is 0.698. The number of fused-ring (bicyclic) bond motifs is 1. The van der Waals surface area contributed by atoms with E-state index in [1.54, 1.807) is 30.3 Å². The molecule has 7 nitrogen and oxygen atoms in total. The molecule has 1 aromatic carbocycles. The number of aromatic nitrogens is 1. The summed E-state index contributed by atoms with van der Waals surface area (Å²) in [5, 5.41) is 0. The highest BCUT2D eigenvalue weighted by molar-refractivity contribution is 7.91. The van der Waals surface area contributed by atoms with E-state index < -0.39 is 33.1 Å². The van der Waals surface area contributed by atoms with Crippen LogP contribution in [0.3, 0.4) is 0 Å². The van der Waals surface area contributed by atoms with Gasteiger partial charge in [0.25, 0.3) is 5.56 Å². The molecular formula is C21H26N2O5S. The largest absolute Gasteiger partial charge is 0.453 e. The van der Waals surface area contributed by atoms with E-state index in [1.807, 2.05) is 27.7 Å². The van der Waals surface area contributed by atoms with E-state index in [-0.39, 0.29) is 17.0 Å². The second kappa shape index (κ2) is 7.67. The molecule has 0 spiro atoms. The smallest absolute Gasteiger partial charge is 0.341 e. The summed E-state index contributed by atoms with van der Waals surface area (Å²) in [5.41, 5.74) is 0.454. The van der Waals surface area contributed by atoms with Crippen LogP contribution in [-0.4, -0.2) is 19.4 Å². The fourth-order valence-corrected chi connectivity index (χ4v) is 4.74. The molecule has 0 saturated carbocycles. The first-order valence-electron chi connectivity index (χ1n) is 9.58. The van der Waals surface area contributed by atoms with Gasteiger partial charge in [0.15, 0.2) is 0 Å². The lowest BCUT2D eigenvalue weighted by atomic mass is 9.83. The summed E-state index contributed by atoms with van der Waals surface area (Å²) < 4.78 is 33.3. The lowest BCUT2D eigenvalue weighted by molar-refractivity contribution is 0.00752. The van der Waals surface area contributed by atoms with Crippen molar-refractivity contribution in [2.24, 2.45) is 5.41 Å². The van der Waals surface area contributed by atoms with Gasteiger partial charge in [-0.3, -0.25) is 9.52 Å². The fraction of sp³-hybridized carbons (Fsp3) is 0.429. The number of esters is 1. The number of aromatic amines is 1. The van der Waals surface area contributed by atoms with Crippen LogP contribution in [0, 0.1) is 5.41 Å². The molecule has 2 heterocycles. The normalized spacial score (nSPS) is 16.4. The first-order chi connectivity index (χ1) is 13.5. The molecule has 1 aliphatic heterocycles. The Labute approximate surface area is 170 Å². The van der Waals surface area contributed by atoms with Gasteiger partial charge in [-0.15, -0.1) is 0 Å². The molecule has 0 amide bonds. The lowest BCUT2D eigenvalue weighted by Crippen LogP contribution is -2.26. The SMILES string of the molecule is CCCc1[nH]c(=O)c(NS(=O)(=O)Cc2ccccc2)c2c1C(C(C)(C)C)OC2=O. The average Bonchev–Trinajstić information content (AvgIpc) is 2.97. The maximum Gasteiger partial charge on any atom is 0.341 e. The van der Waals surface area contributed by atoms with Crippen molar-refractivity contribution in [1.82, 2.24) is 4.98 Å². The number of sulfonamides is 1. The Balaban J connectivity index is 2.10. The maximum atomic E-state index is 12.7. The number of cyclic esters (lactones) is 1. The van der Waals surface area contributed by atoms with Crippen LogP contribution in [0.5, 0.6) is 0 Å². The molecule has 8 heteroatoms. The van der Waals surface area contributed by atoms with Crippen molar-refractivity contribution in [2.45, 2.75) is 52.4 Å². The number of hydrogen-bond acceptors (Lipinski definition) is 5. The number of aryl methyl sites for hydroxylation is 1. The summed E-state index contributed by atoms with van der Waals surface area (Å²) in [6.45, 7) is 7.76. The van der Waals surface area contributed by atoms with Crippen LogP contribution in [0.25, 0.3) is 0 Å². The van der Waals surface area contributed by atoms with Crippen molar-refractivity contribution in [3.8, 4) is 0 Å². The summed E-state index contributed by atoms with van der Waals surface area (Å²) in [6, 6.07) is 8.63. The van der Waals surface area contributed by atoms with Gasteiger partial charge in [-0.25, -0.2) is 13.2 Å². The standard InChI is InChI=1S/C21H26N2O5S/c1-5-9-14-15-16(20(25)28-18(15)21(2,3)4)17(19(24)22-14)23-29(26,27)12-13-10-7-6-8-11-13/h6-8,10-11,18,23H,5,9,12H2,1-4H3,(H,22,24). The molecule has 3 rings (SSSR count). The van der Waals surface area contributed by atoms with E-state index in [0.717, 1.165) is 6.42 Å². The zero-order valence-corrected chi connectivity index (χ0v) is 17.9. The Morgan fingerprint density at radius 1 is 1.14 bits per heavy atom. The van der Waals surface area contributed by atoms with Gasteiger partial charge in [0.2, 0.25) is 10.0 Å². The van der Waals surface area contributed by atoms with Crippen molar-refractivity contribution in [3.63, 3.8) is 0 Å². The molecule has 29 heavy (non-hydrogen) atoms. The lowest BCUT2D eigenvalue weighted by Gasteiger charge is -2.27. The summed E-state index contributed by atoms with van der Waals surface area (Å²) in [5.74, 6) is -0.989. The van der Waals surface area contributed by atoms with Crippen molar-refractivity contribution >= 4 is 21.7 Å². The fourth-order valence-electron chi connectivity index (χ4n) is 3.53. The number of hydrogen-bond donors (Lipinski definition) is 2. The molecule has 0 bridgehead atoms. The molecule has 0 saturated heterocycles. The molecule has 2 N–H and O–H groups in total. The maximum absolute atomic E-state index is 12.7. The van der Waals surface area contributed by atoms with E-state index >= 15 is 0 Å². The van der Waals surface area contributed by atoms with Gasteiger partial charge in [0, 0.05) is 16.7 Å². The van der Waals surface area contributed by atoms with Gasteiger partial charge in [0.1, 0.15) is 11.8 Å². The summed E-state index contributed by atoms with van der Waals surface area (Å²) >= 11 is 0. The molecule has 0 radical (unpaired) electrons. The zero-order valence-electron chi connectivity index (χ0n) is 17.0. The summed E-state index contributed by atoms with van der Waals surface area (Å²) in [7, 11) is -3.91. The Bertz CT molecular complexity index is 1080. The Morgan fingerprint density at radius 2 is 1.79 bits per heavy atom. The molecule has 1 aliphatic rings. The first kappa shape index (κ1) is 21.1. The van der Waals surface area contributed by atoms with Crippen LogP contribution in [0.15, 0.2) is 35.1 Å². The Kier molecular flexibility index (Phi) is 5.58. The van der Waals surface area contributed by atoms with Gasteiger partial charge in [-0.1, -0.05) is 64.4 Å². The van der Waals surface area contributed by atoms with E-state index in [9.17, 15) is 18.0 Å². The Hall–Kier alpha value is -2.61. The minimum absolute atomic E-state index is 0.0220. The highest BCUT2D eigenvalue weighted by atomic mass is 32.2. The number of H-pyrrole nitrogens is 1. The topological polar surface area (TPSA) is 105 Å². The Morgan fingerprint density at radius 3 is 2.38 bits per heavy atom. The number of anilines is 1. The third-order valence-electron chi connectivity index (χ3n) is 4.77. The molecule has 1 atom stereocenters. The first-order valence-corrected chi connectivity index (χ1v) is 11.2. The number of ether oxygens (including phenoxy) is 1. The van der Waals surface area contributed by atoms with Crippen molar-refractivity contribution in [1.29, 1.82) is 0 Å². The predicted molar refractivity (Wildman–Crippen MR) is 111 cm³/mol. The van der Waals surface area contributed by atoms with Crippen molar-refractivity contribution in [3.05, 3.63) is 63.1 Å². The van der Waals surface area contributed by atoms with E-state index in [4.69, 9.17) is 4.74 Å². The number of pyridine rings is 1. The van der Waals surface area contributed by atoms with Crippen LogP contribution in [0.1, 0.15) is 67.4 Å². The third-order valence-corrected chi connectivity index (χ3v) is 6.00. The molecular weight excluding hydrogens is 392 g/mol. The highest BCUT2D eigenvalue weighted by Gasteiger charge is 2.43. The number of carbonyl (C=O) groups is 1. The minimum atomic E-state index is -3.91. The molecule has 156 valence electrons. The summed E-state index contributed by atoms with van der Waals surface area (Å²) in [4.78, 5) is 28.2. The summed E-state index contributed by atoms with van der Waals surface area (Å²) in [6.07, 6.45) is 0.741. The molecule has 2 aromatic rings. The van der Waals surface area contributed by atoms with Gasteiger partial charge in [0.05, 0.1) is 11.3 Å². The minimum Gasteiger partial charge on any atom is -0.453 e. The second-order valence-corrected chi connectivity index (χ2v) is 10.1. The van der Waals surface area contributed by atoms with E-state index in [1.165, 1.54) is 0 Å². The van der Waals surface area contributed by atoms with Crippen LogP contribution in [0.2, 0.25) is 0 Å². The van der Waals surface area contributed by atoms with Crippen molar-refractivity contribution < 1.29 is 17.9 Å². The van der Waals surface area contributed by atoms with Gasteiger partial charge >= 0.3 is 5.97 Å². The van der Waals surface area contributed by atoms with E-state index in [0.29, 0.717) is 23.2 Å². The number of rotatable bonds is 6. The number of benzene rings is 1. The average molecular weight is 419 g/mol. The molecule has 0 fully saturated rings. The van der Waals surface area contributed by atoms with Gasteiger partial charge in [-0.05, 0) is 12.0 Å². The van der Waals surface area contributed by atoms with Crippen LogP contribution < -0.4 is 10.3 Å². The predicted octanol–water partition coefficient (Wildman–Crippen LogP) is 3.53. The molecule has 1 aromatic heterocycles. The zero-order chi connectivity index (χ0) is 21.4. The van der Waals surface area contributed by atoms with Crippen LogP contribution in [0.4, 0.5) is 5.69 Å². The molecule has 1 unspecified atom stereocenters. The van der Waals surface area contributed by atoms with E-state index in [2.05, 4.69) is 9.71 Å². The number of nitrogens with one attached hydrogen (secondary N) is 2. The monoisotopic (exact) mass is 418 g/mol. The highest BCUT2D eigenvalue weighted by Crippen LogP contribution is 2.45. The molecule has 0 aliphatic carbocycles. The van der Waals surface area contributed by atoms with Gasteiger partial charge in [-0.2, -0.15) is 0 Å². The third kappa shape index (κ3) is 4.37. The second-order valence-electron chi connectivity index (χ2n) is 8.34. The van der Waals surface area contributed by atoms with Crippen LogP contribution in [-0.2, 0) is 26.9 Å². The number of carbonyl (C=O) groups excluding carboxylic acids is 1. The van der Waals surface area contributed by atoms with Crippen LogP contribution >= 0.6 is 0 Å².